The third-order valence-corrected chi connectivity index (χ3v) is 7.11. The minimum absolute atomic E-state index is 0.0967. The number of amides is 2. The SMILES string of the molecule is COc1ccc(S(=O)(=O)N2Cc3ccsc3[C@H](OC(N)=O)[C@@H]2C(=O)NO)cc1. The van der Waals surface area contributed by atoms with Gasteiger partial charge in [-0.2, -0.15) is 4.31 Å². The molecule has 28 heavy (non-hydrogen) atoms. The van der Waals surface area contributed by atoms with E-state index in [4.69, 9.17) is 20.4 Å². The highest BCUT2D eigenvalue weighted by atomic mass is 32.2. The fourth-order valence-electron chi connectivity index (χ4n) is 2.98. The zero-order chi connectivity index (χ0) is 20.5. The Labute approximate surface area is 164 Å². The van der Waals surface area contributed by atoms with E-state index < -0.39 is 34.2 Å². The highest BCUT2D eigenvalue weighted by Crippen LogP contribution is 2.40. The van der Waals surface area contributed by atoms with E-state index in [1.807, 2.05) is 0 Å². The molecule has 0 spiro atoms. The largest absolute Gasteiger partial charge is 0.497 e. The van der Waals surface area contributed by atoms with Crippen molar-refractivity contribution in [3.63, 3.8) is 0 Å². The van der Waals surface area contributed by atoms with Crippen LogP contribution in [-0.2, 0) is 26.1 Å². The van der Waals surface area contributed by atoms with Crippen LogP contribution in [-0.4, -0.2) is 43.1 Å². The average Bonchev–Trinajstić information content (AvgIpc) is 3.15. The normalized spacial score (nSPS) is 19.5. The summed E-state index contributed by atoms with van der Waals surface area (Å²) < 4.78 is 37.4. The third-order valence-electron chi connectivity index (χ3n) is 4.25. The molecular formula is C16H17N3O7S2. The molecule has 2 atom stereocenters. The number of nitrogens with two attached hydrogens (primary N) is 1. The van der Waals surface area contributed by atoms with Gasteiger partial charge in [-0.3, -0.25) is 10.0 Å². The fraction of sp³-hybridized carbons (Fsp3) is 0.250. The number of fused-ring (bicyclic) bond motifs is 1. The molecule has 10 nitrogen and oxygen atoms in total. The van der Waals surface area contributed by atoms with Gasteiger partial charge >= 0.3 is 6.09 Å². The predicted octanol–water partition coefficient (Wildman–Crippen LogP) is 0.972. The van der Waals surface area contributed by atoms with Gasteiger partial charge in [-0.05, 0) is 41.3 Å². The van der Waals surface area contributed by atoms with Gasteiger partial charge in [-0.15, -0.1) is 11.3 Å². The van der Waals surface area contributed by atoms with Crippen molar-refractivity contribution in [2.24, 2.45) is 5.73 Å². The molecule has 1 aromatic carbocycles. The van der Waals surface area contributed by atoms with Crippen molar-refractivity contribution in [2.75, 3.05) is 7.11 Å². The van der Waals surface area contributed by atoms with Gasteiger partial charge in [-0.25, -0.2) is 18.7 Å². The predicted molar refractivity (Wildman–Crippen MR) is 97.2 cm³/mol. The number of hydrogen-bond acceptors (Lipinski definition) is 8. The van der Waals surface area contributed by atoms with Crippen molar-refractivity contribution in [3.8, 4) is 5.75 Å². The van der Waals surface area contributed by atoms with E-state index in [1.165, 1.54) is 48.2 Å². The van der Waals surface area contributed by atoms with Gasteiger partial charge in [0, 0.05) is 6.54 Å². The van der Waals surface area contributed by atoms with Crippen LogP contribution in [0, 0.1) is 0 Å². The van der Waals surface area contributed by atoms with Crippen molar-refractivity contribution in [2.45, 2.75) is 23.6 Å². The number of nitrogens with one attached hydrogen (secondary N) is 1. The van der Waals surface area contributed by atoms with Crippen LogP contribution in [0.2, 0.25) is 0 Å². The minimum Gasteiger partial charge on any atom is -0.497 e. The zero-order valence-electron chi connectivity index (χ0n) is 14.6. The zero-order valence-corrected chi connectivity index (χ0v) is 16.2. The second-order valence-corrected chi connectivity index (χ2v) is 8.65. The Balaban J connectivity index is 2.11. The molecule has 1 aliphatic heterocycles. The van der Waals surface area contributed by atoms with Crippen molar-refractivity contribution in [3.05, 3.63) is 46.2 Å². The summed E-state index contributed by atoms with van der Waals surface area (Å²) in [6, 6.07) is 5.71. The monoisotopic (exact) mass is 427 g/mol. The van der Waals surface area contributed by atoms with Crippen molar-refractivity contribution in [1.82, 2.24) is 9.79 Å². The lowest BCUT2D eigenvalue weighted by molar-refractivity contribution is -0.137. The number of thiophene rings is 1. The molecule has 0 fully saturated rings. The van der Waals surface area contributed by atoms with E-state index in [9.17, 15) is 18.0 Å². The lowest BCUT2D eigenvalue weighted by Crippen LogP contribution is -2.54. The Morgan fingerprint density at radius 1 is 1.29 bits per heavy atom. The first-order valence-electron chi connectivity index (χ1n) is 7.91. The molecule has 2 heterocycles. The molecule has 0 radical (unpaired) electrons. The van der Waals surface area contributed by atoms with Gasteiger partial charge in [-0.1, -0.05) is 0 Å². The maximum absolute atomic E-state index is 13.2. The smallest absolute Gasteiger partial charge is 0.405 e. The number of benzene rings is 1. The number of ether oxygens (including phenoxy) is 2. The van der Waals surface area contributed by atoms with Crippen LogP contribution in [0.25, 0.3) is 0 Å². The summed E-state index contributed by atoms with van der Waals surface area (Å²) in [5.41, 5.74) is 7.12. The Morgan fingerprint density at radius 2 is 1.96 bits per heavy atom. The number of hydroxylamine groups is 1. The number of methoxy groups -OCH3 is 1. The molecule has 2 aromatic rings. The number of rotatable bonds is 5. The maximum atomic E-state index is 13.2. The Hall–Kier alpha value is -2.67. The van der Waals surface area contributed by atoms with Gasteiger partial charge < -0.3 is 15.2 Å². The summed E-state index contributed by atoms with van der Waals surface area (Å²) in [6.07, 6.45) is -2.48. The molecule has 2 amide bonds. The van der Waals surface area contributed by atoms with Crippen molar-refractivity contribution >= 4 is 33.4 Å². The lowest BCUT2D eigenvalue weighted by Gasteiger charge is -2.37. The Morgan fingerprint density at radius 3 is 2.54 bits per heavy atom. The number of hydrogen-bond donors (Lipinski definition) is 3. The second-order valence-electron chi connectivity index (χ2n) is 5.81. The van der Waals surface area contributed by atoms with Crippen molar-refractivity contribution < 1.29 is 32.7 Å². The molecule has 4 N–H and O–H groups in total. The standard InChI is InChI=1S/C16H17N3O7S2/c1-25-10-2-4-11(5-3-10)28(23,24)19-8-9-6-7-27-14(9)13(26-16(17)21)12(19)15(20)18-22/h2-7,12-13,22H,8H2,1H3,(H2,17,21)(H,18,20)/t12-,13-/m1/s1. The minimum atomic E-state index is -4.20. The van der Waals surface area contributed by atoms with E-state index in [2.05, 4.69) is 0 Å². The average molecular weight is 427 g/mol. The van der Waals surface area contributed by atoms with Gasteiger partial charge in [0.15, 0.2) is 6.10 Å². The molecule has 0 saturated heterocycles. The second kappa shape index (κ2) is 7.75. The molecule has 12 heteroatoms. The van der Waals surface area contributed by atoms with Crippen LogP contribution in [0.1, 0.15) is 16.5 Å². The molecule has 150 valence electrons. The van der Waals surface area contributed by atoms with E-state index >= 15 is 0 Å². The van der Waals surface area contributed by atoms with Crippen LogP contribution in [0.15, 0.2) is 40.6 Å². The van der Waals surface area contributed by atoms with Crippen LogP contribution < -0.4 is 16.0 Å². The molecular weight excluding hydrogens is 410 g/mol. The number of primary amides is 1. The summed E-state index contributed by atoms with van der Waals surface area (Å²) >= 11 is 1.19. The Kier molecular flexibility index (Phi) is 5.56. The van der Waals surface area contributed by atoms with Gasteiger partial charge in [0.25, 0.3) is 5.91 Å². The molecule has 0 unspecified atom stereocenters. The highest BCUT2D eigenvalue weighted by Gasteiger charge is 2.48. The highest BCUT2D eigenvalue weighted by molar-refractivity contribution is 7.89. The van der Waals surface area contributed by atoms with Crippen LogP contribution in [0.5, 0.6) is 5.75 Å². The number of nitrogens with zero attached hydrogens (tertiary/aromatic N) is 1. The van der Waals surface area contributed by atoms with Crippen molar-refractivity contribution in [1.29, 1.82) is 0 Å². The summed E-state index contributed by atoms with van der Waals surface area (Å²) in [5, 5.41) is 10.8. The van der Waals surface area contributed by atoms with E-state index in [1.54, 1.807) is 11.4 Å². The maximum Gasteiger partial charge on any atom is 0.405 e. The van der Waals surface area contributed by atoms with E-state index in [-0.39, 0.29) is 11.4 Å². The number of carbonyl (C=O) groups is 2. The summed E-state index contributed by atoms with van der Waals surface area (Å²) in [5.74, 6) is -0.598. The first-order chi connectivity index (χ1) is 13.3. The lowest BCUT2D eigenvalue weighted by atomic mass is 10.0. The molecule has 1 aliphatic rings. The Bertz CT molecular complexity index is 988. The molecule has 1 aromatic heterocycles. The van der Waals surface area contributed by atoms with Gasteiger partial charge in [0.2, 0.25) is 10.0 Å². The molecule has 0 aliphatic carbocycles. The summed E-state index contributed by atoms with van der Waals surface area (Å²) in [4.78, 5) is 24.1. The first kappa shape index (κ1) is 20.1. The van der Waals surface area contributed by atoms with Gasteiger partial charge in [0.1, 0.15) is 11.8 Å². The quantitative estimate of drug-likeness (QED) is 0.475. The van der Waals surface area contributed by atoms with Crippen LogP contribution in [0.4, 0.5) is 4.79 Å². The number of carbonyl (C=O) groups excluding carboxylic acids is 2. The van der Waals surface area contributed by atoms with E-state index in [0.717, 1.165) is 4.31 Å². The topological polar surface area (TPSA) is 148 Å². The molecule has 0 saturated carbocycles. The third kappa shape index (κ3) is 3.54. The van der Waals surface area contributed by atoms with E-state index in [0.29, 0.717) is 16.2 Å². The van der Waals surface area contributed by atoms with Crippen LogP contribution in [0.3, 0.4) is 0 Å². The fourth-order valence-corrected chi connectivity index (χ4v) is 5.52. The van der Waals surface area contributed by atoms with Gasteiger partial charge in [0.05, 0.1) is 16.9 Å². The van der Waals surface area contributed by atoms with Crippen LogP contribution >= 0.6 is 11.3 Å². The first-order valence-corrected chi connectivity index (χ1v) is 10.2. The number of sulfonamides is 1. The molecule has 3 rings (SSSR count). The molecule has 0 bridgehead atoms. The summed E-state index contributed by atoms with van der Waals surface area (Å²) in [6.45, 7) is -0.149. The summed E-state index contributed by atoms with van der Waals surface area (Å²) in [7, 11) is -2.76.